The molecule has 0 amide bonds. The first-order valence-electron chi connectivity index (χ1n) is 5.90. The minimum atomic E-state index is 0.142. The van der Waals surface area contributed by atoms with Gasteiger partial charge in [-0.3, -0.25) is 0 Å². The Balaban J connectivity index is 2.04. The van der Waals surface area contributed by atoms with Gasteiger partial charge < -0.3 is 4.52 Å². The quantitative estimate of drug-likeness (QED) is 0.507. The van der Waals surface area contributed by atoms with Crippen molar-refractivity contribution in [3.05, 3.63) is 71.6 Å². The molecule has 0 N–H and O–H groups in total. The van der Waals surface area contributed by atoms with E-state index in [1.165, 1.54) is 22.3 Å². The SMILES string of the molecule is c1ccc2c(c1)-c1ccccc1C2c1conn1. The van der Waals surface area contributed by atoms with Crippen LogP contribution in [0.2, 0.25) is 0 Å². The third kappa shape index (κ3) is 1.19. The van der Waals surface area contributed by atoms with Gasteiger partial charge >= 0.3 is 0 Å². The summed E-state index contributed by atoms with van der Waals surface area (Å²) >= 11 is 0. The smallest absolute Gasteiger partial charge is 0.148 e. The molecule has 0 spiro atoms. The summed E-state index contributed by atoms with van der Waals surface area (Å²) in [5.41, 5.74) is 5.97. The van der Waals surface area contributed by atoms with Crippen LogP contribution in [-0.4, -0.2) is 10.4 Å². The summed E-state index contributed by atoms with van der Waals surface area (Å²) in [6, 6.07) is 16.9. The molecule has 1 heterocycles. The summed E-state index contributed by atoms with van der Waals surface area (Å²) in [5, 5.41) is 7.67. The van der Waals surface area contributed by atoms with Crippen molar-refractivity contribution in [2.24, 2.45) is 0 Å². The van der Waals surface area contributed by atoms with E-state index in [1.54, 1.807) is 6.26 Å². The Morgan fingerprint density at radius 2 is 1.44 bits per heavy atom. The van der Waals surface area contributed by atoms with Gasteiger partial charge in [-0.1, -0.05) is 48.5 Å². The highest BCUT2D eigenvalue weighted by Gasteiger charge is 2.31. The van der Waals surface area contributed by atoms with Gasteiger partial charge in [0.25, 0.3) is 0 Å². The van der Waals surface area contributed by atoms with Gasteiger partial charge in [-0.25, -0.2) is 0 Å². The van der Waals surface area contributed by atoms with Gasteiger partial charge in [-0.15, -0.1) is 5.10 Å². The van der Waals surface area contributed by atoms with Gasteiger partial charge in [0.05, 0.1) is 5.92 Å². The average Bonchev–Trinajstić information content (AvgIpc) is 3.03. The standard InChI is InChI=1S/C15H10N2O/c1-3-7-12-10(5-1)11-6-2-4-8-13(11)15(12)14-9-18-17-16-14/h1-9,15H. The molecule has 18 heavy (non-hydrogen) atoms. The molecule has 0 saturated carbocycles. The van der Waals surface area contributed by atoms with Crippen molar-refractivity contribution in [3.8, 4) is 11.1 Å². The largest absolute Gasteiger partial charge is 0.345 e. The lowest BCUT2D eigenvalue weighted by molar-refractivity contribution is 0.392. The number of fused-ring (bicyclic) bond motifs is 3. The zero-order chi connectivity index (χ0) is 11.9. The fourth-order valence-corrected chi connectivity index (χ4v) is 2.77. The average molecular weight is 234 g/mol. The molecule has 3 aromatic rings. The fraction of sp³-hybridized carbons (Fsp3) is 0.0667. The Hall–Kier alpha value is -2.42. The van der Waals surface area contributed by atoms with Crippen molar-refractivity contribution in [1.29, 1.82) is 0 Å². The lowest BCUT2D eigenvalue weighted by Gasteiger charge is -2.08. The lowest BCUT2D eigenvalue weighted by Crippen LogP contribution is -1.99. The van der Waals surface area contributed by atoms with Gasteiger partial charge in [0, 0.05) is 5.27 Å². The molecule has 0 fully saturated rings. The third-order valence-electron chi connectivity index (χ3n) is 3.51. The van der Waals surface area contributed by atoms with E-state index in [-0.39, 0.29) is 5.92 Å². The van der Waals surface area contributed by atoms with Gasteiger partial charge in [0.1, 0.15) is 12.0 Å². The molecule has 86 valence electrons. The van der Waals surface area contributed by atoms with Crippen molar-refractivity contribution < 1.29 is 4.52 Å². The number of hydrogen-bond donors (Lipinski definition) is 0. The van der Waals surface area contributed by atoms with Crippen molar-refractivity contribution >= 4 is 0 Å². The number of rotatable bonds is 1. The van der Waals surface area contributed by atoms with Gasteiger partial charge in [0.2, 0.25) is 0 Å². The maximum atomic E-state index is 4.90. The topological polar surface area (TPSA) is 38.9 Å². The van der Waals surface area contributed by atoms with Crippen molar-refractivity contribution in [2.75, 3.05) is 0 Å². The zero-order valence-corrected chi connectivity index (χ0v) is 9.58. The molecule has 2 aromatic carbocycles. The molecular weight excluding hydrogens is 224 g/mol. The monoisotopic (exact) mass is 234 g/mol. The molecule has 4 rings (SSSR count). The van der Waals surface area contributed by atoms with Crippen LogP contribution in [0.15, 0.2) is 59.3 Å². The van der Waals surface area contributed by atoms with Gasteiger partial charge in [-0.05, 0) is 22.3 Å². The lowest BCUT2D eigenvalue weighted by atomic mass is 9.94. The Labute approximate surface area is 104 Å². The summed E-state index contributed by atoms with van der Waals surface area (Å²) in [7, 11) is 0. The van der Waals surface area contributed by atoms with Gasteiger partial charge in [0.15, 0.2) is 0 Å². The van der Waals surface area contributed by atoms with E-state index in [0.29, 0.717) is 0 Å². The maximum Gasteiger partial charge on any atom is 0.148 e. The predicted molar refractivity (Wildman–Crippen MR) is 67.1 cm³/mol. The second kappa shape index (κ2) is 3.53. The molecule has 3 heteroatoms. The minimum absolute atomic E-state index is 0.142. The van der Waals surface area contributed by atoms with Crippen LogP contribution in [0, 0.1) is 0 Å². The summed E-state index contributed by atoms with van der Waals surface area (Å²) in [6.45, 7) is 0. The third-order valence-corrected chi connectivity index (χ3v) is 3.51. The molecule has 0 unspecified atom stereocenters. The Bertz CT molecular complexity index is 659. The Kier molecular flexibility index (Phi) is 1.88. The molecule has 1 aliphatic carbocycles. The van der Waals surface area contributed by atoms with E-state index in [0.717, 1.165) is 5.69 Å². The molecule has 1 aliphatic rings. The van der Waals surface area contributed by atoms with Crippen molar-refractivity contribution in [3.63, 3.8) is 0 Å². The summed E-state index contributed by atoms with van der Waals surface area (Å²) in [4.78, 5) is 0. The van der Waals surface area contributed by atoms with Crippen LogP contribution in [0.4, 0.5) is 0 Å². The molecule has 0 atom stereocenters. The maximum absolute atomic E-state index is 4.90. The first-order valence-corrected chi connectivity index (χ1v) is 5.90. The summed E-state index contributed by atoms with van der Waals surface area (Å²) in [6.07, 6.45) is 1.63. The van der Waals surface area contributed by atoms with Gasteiger partial charge in [-0.2, -0.15) is 0 Å². The van der Waals surface area contributed by atoms with E-state index in [1.807, 2.05) is 0 Å². The highest BCUT2D eigenvalue weighted by molar-refractivity contribution is 5.80. The molecule has 3 nitrogen and oxygen atoms in total. The second-order valence-electron chi connectivity index (χ2n) is 4.44. The molecule has 0 radical (unpaired) electrons. The predicted octanol–water partition coefficient (Wildman–Crippen LogP) is 3.23. The van der Waals surface area contributed by atoms with Crippen molar-refractivity contribution in [1.82, 2.24) is 10.4 Å². The van der Waals surface area contributed by atoms with Crippen LogP contribution in [0.1, 0.15) is 22.7 Å². The summed E-state index contributed by atoms with van der Waals surface area (Å²) in [5.74, 6) is 0.142. The molecule has 0 saturated heterocycles. The van der Waals surface area contributed by atoms with E-state index in [2.05, 4.69) is 58.9 Å². The number of aromatic nitrogens is 2. The number of nitrogens with zero attached hydrogens (tertiary/aromatic N) is 2. The molecule has 0 bridgehead atoms. The molecular formula is C15H10N2O. The Morgan fingerprint density at radius 3 is 2.00 bits per heavy atom. The zero-order valence-electron chi connectivity index (χ0n) is 9.58. The number of benzene rings is 2. The second-order valence-corrected chi connectivity index (χ2v) is 4.44. The first kappa shape index (κ1) is 9.59. The Morgan fingerprint density at radius 1 is 0.833 bits per heavy atom. The summed E-state index contributed by atoms with van der Waals surface area (Å²) < 4.78 is 4.90. The van der Waals surface area contributed by atoms with E-state index in [9.17, 15) is 0 Å². The minimum Gasteiger partial charge on any atom is -0.345 e. The van der Waals surface area contributed by atoms with E-state index < -0.39 is 0 Å². The van der Waals surface area contributed by atoms with Crippen LogP contribution in [0.25, 0.3) is 11.1 Å². The fourth-order valence-electron chi connectivity index (χ4n) is 2.77. The van der Waals surface area contributed by atoms with Crippen molar-refractivity contribution in [2.45, 2.75) is 5.92 Å². The van der Waals surface area contributed by atoms with Crippen LogP contribution >= 0.6 is 0 Å². The highest BCUT2D eigenvalue weighted by atomic mass is 16.5. The van der Waals surface area contributed by atoms with Crippen LogP contribution in [0.5, 0.6) is 0 Å². The number of hydrogen-bond acceptors (Lipinski definition) is 3. The van der Waals surface area contributed by atoms with Crippen LogP contribution < -0.4 is 0 Å². The molecule has 0 aliphatic heterocycles. The van der Waals surface area contributed by atoms with Crippen LogP contribution in [-0.2, 0) is 0 Å². The van der Waals surface area contributed by atoms with E-state index >= 15 is 0 Å². The first-order chi connectivity index (χ1) is 8.95. The van der Waals surface area contributed by atoms with E-state index in [4.69, 9.17) is 4.52 Å². The molecule has 1 aromatic heterocycles. The highest BCUT2D eigenvalue weighted by Crippen LogP contribution is 2.46. The normalized spacial score (nSPS) is 13.3. The van der Waals surface area contributed by atoms with Crippen LogP contribution in [0.3, 0.4) is 0 Å².